The number of carbonyl (C=O) groups is 1. The van der Waals surface area contributed by atoms with Gasteiger partial charge in [0.25, 0.3) is 5.91 Å². The molecule has 146 valence electrons. The van der Waals surface area contributed by atoms with Crippen LogP contribution in [0.15, 0.2) is 12.1 Å². The first-order chi connectivity index (χ1) is 13.0. The molecule has 2 aromatic rings. The van der Waals surface area contributed by atoms with Crippen molar-refractivity contribution in [3.05, 3.63) is 39.9 Å². The van der Waals surface area contributed by atoms with Crippen molar-refractivity contribution in [1.82, 2.24) is 20.5 Å². The number of anilines is 1. The number of ether oxygens (including phenoxy) is 1. The monoisotopic (exact) mass is 391 g/mol. The van der Waals surface area contributed by atoms with Crippen molar-refractivity contribution in [3.63, 3.8) is 0 Å². The van der Waals surface area contributed by atoms with Gasteiger partial charge in [0, 0.05) is 42.1 Å². The summed E-state index contributed by atoms with van der Waals surface area (Å²) in [5.41, 5.74) is 2.52. The number of halogens is 1. The van der Waals surface area contributed by atoms with Crippen LogP contribution in [0.2, 0.25) is 5.02 Å². The van der Waals surface area contributed by atoms with Gasteiger partial charge in [0.05, 0.1) is 6.54 Å². The molecule has 1 saturated heterocycles. The van der Waals surface area contributed by atoms with Crippen LogP contribution >= 0.6 is 11.6 Å². The molecule has 1 aliphatic rings. The second-order valence-electron chi connectivity index (χ2n) is 6.77. The quantitative estimate of drug-likeness (QED) is 0.790. The van der Waals surface area contributed by atoms with E-state index in [1.54, 1.807) is 6.07 Å². The van der Waals surface area contributed by atoms with Crippen LogP contribution in [0.1, 0.15) is 47.3 Å². The van der Waals surface area contributed by atoms with Crippen LogP contribution in [0, 0.1) is 13.8 Å². The fourth-order valence-corrected chi connectivity index (χ4v) is 3.77. The van der Waals surface area contributed by atoms with Crippen LogP contribution in [-0.4, -0.2) is 46.9 Å². The summed E-state index contributed by atoms with van der Waals surface area (Å²) in [6, 6.07) is 4.07. The number of aromatic nitrogens is 3. The van der Waals surface area contributed by atoms with Gasteiger partial charge >= 0.3 is 0 Å². The van der Waals surface area contributed by atoms with Gasteiger partial charge in [-0.2, -0.15) is 0 Å². The van der Waals surface area contributed by atoms with Crippen molar-refractivity contribution in [3.8, 4) is 0 Å². The fourth-order valence-electron chi connectivity index (χ4n) is 3.55. The van der Waals surface area contributed by atoms with Crippen LogP contribution in [0.25, 0.3) is 0 Å². The number of nitrogens with one attached hydrogen (secondary N) is 2. The number of H-pyrrole nitrogens is 1. The highest BCUT2D eigenvalue weighted by atomic mass is 35.5. The molecule has 0 radical (unpaired) electrons. The Kier molecular flexibility index (Phi) is 6.34. The van der Waals surface area contributed by atoms with Crippen molar-refractivity contribution in [1.29, 1.82) is 0 Å². The number of aryl methyl sites for hydroxylation is 1. The number of aromatic amines is 1. The maximum atomic E-state index is 12.8. The van der Waals surface area contributed by atoms with Gasteiger partial charge in [0.15, 0.2) is 0 Å². The van der Waals surface area contributed by atoms with Crippen LogP contribution in [0.5, 0.6) is 0 Å². The minimum Gasteiger partial charge on any atom is -0.381 e. The highest BCUT2D eigenvalue weighted by molar-refractivity contribution is 6.31. The van der Waals surface area contributed by atoms with E-state index in [4.69, 9.17) is 16.3 Å². The van der Waals surface area contributed by atoms with Gasteiger partial charge in [0.1, 0.15) is 11.6 Å². The Morgan fingerprint density at radius 3 is 2.70 bits per heavy atom. The van der Waals surface area contributed by atoms with Crippen LogP contribution in [0.3, 0.4) is 0 Å². The fraction of sp³-hybridized carbons (Fsp3) is 0.526. The standard InChI is InChI=1S/C19H26ClN5O2/c1-4-25(15-5-7-27-8-6-15)17-10-14(20)9-16(12(17)2)19(26)21-11-18-22-13(3)23-24-18/h9-10,15H,4-8,11H2,1-3H3,(H,21,26)(H,22,23,24). The minimum absolute atomic E-state index is 0.173. The lowest BCUT2D eigenvalue weighted by atomic mass is 10.0. The Labute approximate surface area is 164 Å². The molecule has 2 heterocycles. The second-order valence-corrected chi connectivity index (χ2v) is 7.20. The van der Waals surface area contributed by atoms with E-state index in [1.807, 2.05) is 19.9 Å². The zero-order valence-electron chi connectivity index (χ0n) is 16.0. The first kappa shape index (κ1) is 19.6. The number of benzene rings is 1. The molecule has 8 heteroatoms. The second kappa shape index (κ2) is 8.71. The van der Waals surface area contributed by atoms with E-state index >= 15 is 0 Å². The molecule has 7 nitrogen and oxygen atoms in total. The largest absolute Gasteiger partial charge is 0.381 e. The van der Waals surface area contributed by atoms with Crippen molar-refractivity contribution in [2.24, 2.45) is 0 Å². The number of amides is 1. The van der Waals surface area contributed by atoms with Gasteiger partial charge in [-0.25, -0.2) is 0 Å². The number of rotatable bonds is 6. The topological polar surface area (TPSA) is 83.1 Å². The molecule has 0 bridgehead atoms. The molecule has 1 aromatic heterocycles. The Hall–Kier alpha value is -2.12. The van der Waals surface area contributed by atoms with E-state index in [0.717, 1.165) is 49.7 Å². The molecule has 2 N–H and O–H groups in total. The van der Waals surface area contributed by atoms with Gasteiger partial charge in [0.2, 0.25) is 0 Å². The molecule has 3 rings (SSSR count). The molecular formula is C19H26ClN5O2. The zero-order valence-corrected chi connectivity index (χ0v) is 16.8. The summed E-state index contributed by atoms with van der Waals surface area (Å²) in [6.07, 6.45) is 1.96. The Balaban J connectivity index is 1.82. The van der Waals surface area contributed by atoms with E-state index < -0.39 is 0 Å². The number of hydrogen-bond donors (Lipinski definition) is 2. The van der Waals surface area contributed by atoms with Gasteiger partial charge in [-0.1, -0.05) is 11.6 Å². The van der Waals surface area contributed by atoms with E-state index in [-0.39, 0.29) is 5.91 Å². The van der Waals surface area contributed by atoms with E-state index in [9.17, 15) is 4.79 Å². The van der Waals surface area contributed by atoms with Crippen molar-refractivity contribution in [2.75, 3.05) is 24.7 Å². The molecule has 0 unspecified atom stereocenters. The summed E-state index contributed by atoms with van der Waals surface area (Å²) in [5, 5.41) is 11.3. The summed E-state index contributed by atoms with van der Waals surface area (Å²) in [6.45, 7) is 8.60. The van der Waals surface area contributed by atoms with Gasteiger partial charge in [-0.3, -0.25) is 4.79 Å². The highest BCUT2D eigenvalue weighted by Crippen LogP contribution is 2.31. The average molecular weight is 392 g/mol. The smallest absolute Gasteiger partial charge is 0.252 e. The summed E-state index contributed by atoms with van der Waals surface area (Å²) >= 11 is 6.37. The van der Waals surface area contributed by atoms with Crippen LogP contribution in [-0.2, 0) is 11.3 Å². The summed E-state index contributed by atoms with van der Waals surface area (Å²) in [4.78, 5) is 18.1. The average Bonchev–Trinajstić information content (AvgIpc) is 3.09. The first-order valence-electron chi connectivity index (χ1n) is 9.30. The molecule has 0 atom stereocenters. The third-order valence-electron chi connectivity index (χ3n) is 4.93. The molecule has 27 heavy (non-hydrogen) atoms. The maximum Gasteiger partial charge on any atom is 0.252 e. The molecule has 1 aromatic carbocycles. The third kappa shape index (κ3) is 4.59. The predicted octanol–water partition coefficient (Wildman–Crippen LogP) is 3.01. The molecule has 1 fully saturated rings. The van der Waals surface area contributed by atoms with Gasteiger partial charge in [-0.05, 0) is 51.3 Å². The van der Waals surface area contributed by atoms with Gasteiger partial charge < -0.3 is 19.9 Å². The van der Waals surface area contributed by atoms with Crippen LogP contribution in [0.4, 0.5) is 5.69 Å². The van der Waals surface area contributed by atoms with Crippen molar-refractivity contribution >= 4 is 23.2 Å². The zero-order chi connectivity index (χ0) is 19.4. The highest BCUT2D eigenvalue weighted by Gasteiger charge is 2.24. The minimum atomic E-state index is -0.173. The molecule has 1 amide bonds. The Bertz CT molecular complexity index is 801. The lowest BCUT2D eigenvalue weighted by molar-refractivity contribution is 0.0846. The van der Waals surface area contributed by atoms with E-state index in [2.05, 4.69) is 32.3 Å². The summed E-state index contributed by atoms with van der Waals surface area (Å²) in [7, 11) is 0. The molecular weight excluding hydrogens is 366 g/mol. The normalized spacial score (nSPS) is 15.0. The van der Waals surface area contributed by atoms with Gasteiger partial charge in [-0.15, -0.1) is 10.2 Å². The Morgan fingerprint density at radius 2 is 2.07 bits per heavy atom. The number of nitrogens with zero attached hydrogens (tertiary/aromatic N) is 3. The van der Waals surface area contributed by atoms with Crippen molar-refractivity contribution < 1.29 is 9.53 Å². The SMILES string of the molecule is CCN(c1cc(Cl)cc(C(=O)NCc2nnc(C)[nH]2)c1C)C1CCOCC1. The van der Waals surface area contributed by atoms with E-state index in [1.165, 1.54) is 0 Å². The molecule has 0 aliphatic carbocycles. The first-order valence-corrected chi connectivity index (χ1v) is 9.68. The van der Waals surface area contributed by atoms with Crippen LogP contribution < -0.4 is 10.2 Å². The number of hydrogen-bond acceptors (Lipinski definition) is 5. The Morgan fingerprint density at radius 1 is 1.33 bits per heavy atom. The molecule has 0 saturated carbocycles. The predicted molar refractivity (Wildman–Crippen MR) is 105 cm³/mol. The number of carbonyl (C=O) groups excluding carboxylic acids is 1. The van der Waals surface area contributed by atoms with E-state index in [0.29, 0.717) is 29.0 Å². The van der Waals surface area contributed by atoms with Crippen molar-refractivity contribution in [2.45, 2.75) is 46.2 Å². The lowest BCUT2D eigenvalue weighted by Gasteiger charge is -2.36. The molecule has 0 spiro atoms. The summed E-state index contributed by atoms with van der Waals surface area (Å²) in [5.74, 6) is 1.17. The summed E-state index contributed by atoms with van der Waals surface area (Å²) < 4.78 is 5.49. The maximum absolute atomic E-state index is 12.8. The third-order valence-corrected chi connectivity index (χ3v) is 5.15. The lowest BCUT2D eigenvalue weighted by Crippen LogP contribution is -2.40. The molecule has 1 aliphatic heterocycles.